The van der Waals surface area contributed by atoms with E-state index in [0.29, 0.717) is 0 Å². The Bertz CT molecular complexity index is 558. The van der Waals surface area contributed by atoms with Crippen molar-refractivity contribution in [1.82, 2.24) is 15.3 Å². The van der Waals surface area contributed by atoms with Crippen molar-refractivity contribution in [2.45, 2.75) is 27.3 Å². The average molecular weight is 320 g/mol. The van der Waals surface area contributed by atoms with Crippen LogP contribution in [-0.2, 0) is 6.54 Å². The third kappa shape index (κ3) is 3.39. The van der Waals surface area contributed by atoms with E-state index in [1.165, 1.54) is 11.1 Å². The largest absolute Gasteiger partial charge is 0.311 e. The summed E-state index contributed by atoms with van der Waals surface area (Å²) in [5, 5.41) is 3.28. The molecule has 0 bridgehead atoms. The summed E-state index contributed by atoms with van der Waals surface area (Å²) in [6.07, 6.45) is 1.82. The van der Waals surface area contributed by atoms with Crippen LogP contribution in [0.4, 0.5) is 0 Å². The molecular formula is C15H18BrN3. The molecule has 4 heteroatoms. The first-order valence-electron chi connectivity index (χ1n) is 6.41. The van der Waals surface area contributed by atoms with Crippen LogP contribution in [0.1, 0.15) is 23.7 Å². The molecule has 3 nitrogen and oxygen atoms in total. The number of nitrogens with zero attached hydrogens (tertiary/aromatic N) is 2. The van der Waals surface area contributed by atoms with Gasteiger partial charge in [-0.3, -0.25) is 0 Å². The van der Waals surface area contributed by atoms with Gasteiger partial charge in [0.1, 0.15) is 0 Å². The highest BCUT2D eigenvalue weighted by Gasteiger charge is 2.07. The predicted molar refractivity (Wildman–Crippen MR) is 82.0 cm³/mol. The maximum absolute atomic E-state index is 4.60. The third-order valence-electron chi connectivity index (χ3n) is 2.96. The lowest BCUT2D eigenvalue weighted by Crippen LogP contribution is -2.13. The van der Waals surface area contributed by atoms with Gasteiger partial charge < -0.3 is 5.32 Å². The van der Waals surface area contributed by atoms with Crippen molar-refractivity contribution in [3.63, 3.8) is 0 Å². The number of hydrogen-bond donors (Lipinski definition) is 1. The van der Waals surface area contributed by atoms with Crippen LogP contribution in [0.2, 0.25) is 0 Å². The van der Waals surface area contributed by atoms with Crippen LogP contribution >= 0.6 is 15.9 Å². The van der Waals surface area contributed by atoms with E-state index >= 15 is 0 Å². The Morgan fingerprint density at radius 2 is 1.89 bits per heavy atom. The number of halogens is 1. The zero-order valence-corrected chi connectivity index (χ0v) is 13.1. The van der Waals surface area contributed by atoms with E-state index in [9.17, 15) is 0 Å². The maximum Gasteiger partial charge on any atom is 0.159 e. The summed E-state index contributed by atoms with van der Waals surface area (Å²) in [7, 11) is 0. The minimum Gasteiger partial charge on any atom is -0.311 e. The van der Waals surface area contributed by atoms with Crippen LogP contribution in [0.5, 0.6) is 0 Å². The van der Waals surface area contributed by atoms with Crippen molar-refractivity contribution >= 4 is 15.9 Å². The molecule has 0 unspecified atom stereocenters. The van der Waals surface area contributed by atoms with E-state index in [4.69, 9.17) is 0 Å². The zero-order chi connectivity index (χ0) is 13.8. The van der Waals surface area contributed by atoms with Gasteiger partial charge in [-0.25, -0.2) is 9.97 Å². The van der Waals surface area contributed by atoms with Gasteiger partial charge in [0.15, 0.2) is 5.82 Å². The molecule has 1 aromatic carbocycles. The van der Waals surface area contributed by atoms with Gasteiger partial charge in [0.05, 0.1) is 5.69 Å². The summed E-state index contributed by atoms with van der Waals surface area (Å²) in [5.41, 5.74) is 4.49. The summed E-state index contributed by atoms with van der Waals surface area (Å²) in [6.45, 7) is 7.98. The first-order valence-corrected chi connectivity index (χ1v) is 7.21. The Morgan fingerprint density at radius 1 is 1.21 bits per heavy atom. The molecule has 0 spiro atoms. The highest BCUT2D eigenvalue weighted by atomic mass is 79.9. The number of benzene rings is 1. The van der Waals surface area contributed by atoms with Gasteiger partial charge >= 0.3 is 0 Å². The molecule has 0 fully saturated rings. The van der Waals surface area contributed by atoms with Gasteiger partial charge in [0, 0.05) is 22.8 Å². The van der Waals surface area contributed by atoms with Gasteiger partial charge in [-0.15, -0.1) is 0 Å². The van der Waals surface area contributed by atoms with Crippen molar-refractivity contribution in [2.24, 2.45) is 0 Å². The Kier molecular flexibility index (Phi) is 4.66. The van der Waals surface area contributed by atoms with Crippen LogP contribution < -0.4 is 5.32 Å². The molecule has 19 heavy (non-hydrogen) atoms. The molecule has 1 heterocycles. The van der Waals surface area contributed by atoms with E-state index in [-0.39, 0.29) is 0 Å². The minimum absolute atomic E-state index is 0.778. The lowest BCUT2D eigenvalue weighted by atomic mass is 10.1. The topological polar surface area (TPSA) is 37.8 Å². The number of aromatic nitrogens is 2. The van der Waals surface area contributed by atoms with Gasteiger partial charge in [-0.2, -0.15) is 0 Å². The molecule has 100 valence electrons. The van der Waals surface area contributed by atoms with Crippen LogP contribution in [-0.4, -0.2) is 16.5 Å². The van der Waals surface area contributed by atoms with Crippen molar-refractivity contribution in [3.8, 4) is 11.4 Å². The first-order chi connectivity index (χ1) is 9.11. The van der Waals surface area contributed by atoms with Crippen molar-refractivity contribution < 1.29 is 0 Å². The summed E-state index contributed by atoms with van der Waals surface area (Å²) in [4.78, 5) is 8.98. The number of aryl methyl sites for hydroxylation is 2. The Labute approximate surface area is 122 Å². The normalized spacial score (nSPS) is 10.7. The van der Waals surface area contributed by atoms with Crippen LogP contribution in [0.25, 0.3) is 11.4 Å². The smallest absolute Gasteiger partial charge is 0.159 e. The molecular weight excluding hydrogens is 302 g/mol. The molecule has 2 aromatic rings. The molecule has 0 saturated heterocycles. The van der Waals surface area contributed by atoms with E-state index < -0.39 is 0 Å². The molecule has 0 aliphatic heterocycles. The molecule has 0 amide bonds. The number of hydrogen-bond acceptors (Lipinski definition) is 3. The second-order valence-corrected chi connectivity index (χ2v) is 5.37. The van der Waals surface area contributed by atoms with Crippen molar-refractivity contribution in [3.05, 3.63) is 45.7 Å². The number of rotatable bonds is 4. The lowest BCUT2D eigenvalue weighted by Gasteiger charge is -2.08. The molecule has 2 rings (SSSR count). The second-order valence-electron chi connectivity index (χ2n) is 4.58. The van der Waals surface area contributed by atoms with Gasteiger partial charge in [0.2, 0.25) is 0 Å². The standard InChI is InChI=1S/C15H18BrN3/c1-4-17-9-13-5-6-18-15(19-13)12-7-10(2)14(16)11(3)8-12/h5-8,17H,4,9H2,1-3H3. The first kappa shape index (κ1) is 14.2. The predicted octanol–water partition coefficient (Wildman–Crippen LogP) is 3.63. The molecule has 0 atom stereocenters. The van der Waals surface area contributed by atoms with Crippen LogP contribution in [0.15, 0.2) is 28.9 Å². The molecule has 1 aromatic heterocycles. The highest BCUT2D eigenvalue weighted by molar-refractivity contribution is 9.10. The van der Waals surface area contributed by atoms with E-state index in [1.54, 1.807) is 0 Å². The molecule has 0 saturated carbocycles. The van der Waals surface area contributed by atoms with Crippen LogP contribution in [0.3, 0.4) is 0 Å². The van der Waals surface area contributed by atoms with Crippen molar-refractivity contribution in [1.29, 1.82) is 0 Å². The highest BCUT2D eigenvalue weighted by Crippen LogP contribution is 2.26. The average Bonchev–Trinajstić information content (AvgIpc) is 2.42. The summed E-state index contributed by atoms with van der Waals surface area (Å²) >= 11 is 3.58. The van der Waals surface area contributed by atoms with Gasteiger partial charge in [0.25, 0.3) is 0 Å². The Morgan fingerprint density at radius 3 is 2.53 bits per heavy atom. The fourth-order valence-corrected chi connectivity index (χ4v) is 2.19. The monoisotopic (exact) mass is 319 g/mol. The summed E-state index contributed by atoms with van der Waals surface area (Å²) in [5.74, 6) is 0.786. The Balaban J connectivity index is 2.36. The van der Waals surface area contributed by atoms with Gasteiger partial charge in [-0.1, -0.05) is 22.9 Å². The van der Waals surface area contributed by atoms with Gasteiger partial charge in [-0.05, 0) is 49.7 Å². The second kappa shape index (κ2) is 6.26. The Hall–Kier alpha value is -1.26. The minimum atomic E-state index is 0.778. The quantitative estimate of drug-likeness (QED) is 0.935. The molecule has 1 N–H and O–H groups in total. The SMILES string of the molecule is CCNCc1ccnc(-c2cc(C)c(Br)c(C)c2)n1. The molecule has 0 aliphatic carbocycles. The van der Waals surface area contributed by atoms with Crippen molar-refractivity contribution in [2.75, 3.05) is 6.54 Å². The zero-order valence-electron chi connectivity index (χ0n) is 11.5. The van der Waals surface area contributed by atoms with E-state index in [1.807, 2.05) is 12.3 Å². The molecule has 0 aliphatic rings. The summed E-state index contributed by atoms with van der Waals surface area (Å²) in [6, 6.07) is 6.18. The third-order valence-corrected chi connectivity index (χ3v) is 4.21. The van der Waals surface area contributed by atoms with E-state index in [0.717, 1.165) is 34.6 Å². The molecule has 0 radical (unpaired) electrons. The maximum atomic E-state index is 4.60. The lowest BCUT2D eigenvalue weighted by molar-refractivity contribution is 0.709. The fourth-order valence-electron chi connectivity index (χ4n) is 1.96. The summed E-state index contributed by atoms with van der Waals surface area (Å²) < 4.78 is 1.15. The fraction of sp³-hybridized carbons (Fsp3) is 0.333. The van der Waals surface area contributed by atoms with E-state index in [2.05, 4.69) is 64.1 Å². The van der Waals surface area contributed by atoms with Crippen LogP contribution in [0, 0.1) is 13.8 Å². The number of nitrogens with one attached hydrogen (secondary N) is 1.